The summed E-state index contributed by atoms with van der Waals surface area (Å²) in [5, 5.41) is 5.93. The van der Waals surface area contributed by atoms with Crippen molar-refractivity contribution in [3.63, 3.8) is 0 Å². The van der Waals surface area contributed by atoms with Crippen LogP contribution in [0.15, 0.2) is 11.4 Å². The Labute approximate surface area is 110 Å². The second-order valence-electron chi connectivity index (χ2n) is 6.36. The van der Waals surface area contributed by atoms with Crippen LogP contribution in [0.2, 0.25) is 0 Å². The highest BCUT2D eigenvalue weighted by atomic mass is 32.1. The molecule has 0 aromatic carbocycles. The molecular weight excluding hydrogens is 226 g/mol. The molecule has 2 heteroatoms. The zero-order valence-corrected chi connectivity index (χ0v) is 12.4. The van der Waals surface area contributed by atoms with E-state index < -0.39 is 0 Å². The van der Waals surface area contributed by atoms with E-state index >= 15 is 0 Å². The molecule has 1 nitrogen and oxygen atoms in total. The van der Waals surface area contributed by atoms with Gasteiger partial charge in [0.05, 0.1) is 0 Å². The van der Waals surface area contributed by atoms with Crippen LogP contribution in [0.3, 0.4) is 0 Å². The average Bonchev–Trinajstić information content (AvgIpc) is 2.81. The number of hydrogen-bond acceptors (Lipinski definition) is 2. The molecule has 1 aromatic rings. The molecule has 1 heterocycles. The van der Waals surface area contributed by atoms with E-state index in [-0.39, 0.29) is 5.54 Å². The normalized spacial score (nSPS) is 25.4. The molecule has 1 aliphatic carbocycles. The van der Waals surface area contributed by atoms with Crippen LogP contribution < -0.4 is 5.32 Å². The average molecular weight is 251 g/mol. The molecule has 1 aliphatic rings. The highest BCUT2D eigenvalue weighted by Crippen LogP contribution is 2.41. The topological polar surface area (TPSA) is 12.0 Å². The van der Waals surface area contributed by atoms with E-state index in [2.05, 4.69) is 44.5 Å². The summed E-state index contributed by atoms with van der Waals surface area (Å²) in [5.74, 6) is 1.64. The number of thiophene rings is 1. The molecule has 2 unspecified atom stereocenters. The summed E-state index contributed by atoms with van der Waals surface area (Å²) in [6, 6.07) is 2.35. The summed E-state index contributed by atoms with van der Waals surface area (Å²) in [4.78, 5) is 1.53. The van der Waals surface area contributed by atoms with Crippen LogP contribution in [0.4, 0.5) is 0 Å². The van der Waals surface area contributed by atoms with E-state index in [0.29, 0.717) is 0 Å². The SMILES string of the molecule is Cc1sccc1C1CCCC1CNC(C)(C)C. The quantitative estimate of drug-likeness (QED) is 0.843. The van der Waals surface area contributed by atoms with E-state index in [1.54, 1.807) is 5.56 Å². The van der Waals surface area contributed by atoms with Gasteiger partial charge in [0, 0.05) is 10.4 Å². The minimum atomic E-state index is 0.247. The van der Waals surface area contributed by atoms with Crippen molar-refractivity contribution in [3.05, 3.63) is 21.9 Å². The van der Waals surface area contributed by atoms with Gasteiger partial charge >= 0.3 is 0 Å². The van der Waals surface area contributed by atoms with Crippen LogP contribution in [0.5, 0.6) is 0 Å². The molecule has 0 bridgehead atoms. The van der Waals surface area contributed by atoms with Gasteiger partial charge in [0.1, 0.15) is 0 Å². The third-order valence-corrected chi connectivity index (χ3v) is 4.71. The fraction of sp³-hybridized carbons (Fsp3) is 0.733. The van der Waals surface area contributed by atoms with Gasteiger partial charge in [-0.05, 0) is 75.9 Å². The van der Waals surface area contributed by atoms with Crippen LogP contribution in [0.25, 0.3) is 0 Å². The van der Waals surface area contributed by atoms with Gasteiger partial charge in [0.2, 0.25) is 0 Å². The summed E-state index contributed by atoms with van der Waals surface area (Å²) >= 11 is 1.90. The molecule has 2 rings (SSSR count). The van der Waals surface area contributed by atoms with Crippen molar-refractivity contribution in [2.75, 3.05) is 6.54 Å². The van der Waals surface area contributed by atoms with Gasteiger partial charge in [-0.2, -0.15) is 0 Å². The number of hydrogen-bond donors (Lipinski definition) is 1. The van der Waals surface area contributed by atoms with Gasteiger partial charge in [-0.3, -0.25) is 0 Å². The summed E-state index contributed by atoms with van der Waals surface area (Å²) in [7, 11) is 0. The molecule has 0 saturated heterocycles. The van der Waals surface area contributed by atoms with Crippen LogP contribution in [0, 0.1) is 12.8 Å². The first kappa shape index (κ1) is 13.1. The van der Waals surface area contributed by atoms with Gasteiger partial charge in [-0.15, -0.1) is 11.3 Å². The third-order valence-electron chi connectivity index (χ3n) is 3.85. The first-order valence-electron chi connectivity index (χ1n) is 6.76. The Morgan fingerprint density at radius 1 is 1.35 bits per heavy atom. The van der Waals surface area contributed by atoms with Gasteiger partial charge in [0.15, 0.2) is 0 Å². The van der Waals surface area contributed by atoms with E-state index in [4.69, 9.17) is 0 Å². The molecule has 2 atom stereocenters. The molecule has 0 amide bonds. The van der Waals surface area contributed by atoms with E-state index in [0.717, 1.165) is 11.8 Å². The first-order chi connectivity index (χ1) is 7.97. The maximum atomic E-state index is 3.68. The lowest BCUT2D eigenvalue weighted by Gasteiger charge is -2.26. The van der Waals surface area contributed by atoms with Crippen molar-refractivity contribution in [1.82, 2.24) is 5.32 Å². The monoisotopic (exact) mass is 251 g/mol. The number of aryl methyl sites for hydroxylation is 1. The fourth-order valence-corrected chi connectivity index (χ4v) is 3.68. The Hall–Kier alpha value is -0.340. The number of rotatable bonds is 3. The Balaban J connectivity index is 2.01. The van der Waals surface area contributed by atoms with Crippen LogP contribution >= 0.6 is 11.3 Å². The highest BCUT2D eigenvalue weighted by molar-refractivity contribution is 7.10. The summed E-state index contributed by atoms with van der Waals surface area (Å²) in [6.45, 7) is 10.2. The maximum absolute atomic E-state index is 3.68. The second-order valence-corrected chi connectivity index (χ2v) is 7.48. The summed E-state index contributed by atoms with van der Waals surface area (Å²) in [5.41, 5.74) is 1.87. The molecule has 1 N–H and O–H groups in total. The molecule has 0 aliphatic heterocycles. The van der Waals surface area contributed by atoms with Crippen molar-refractivity contribution in [3.8, 4) is 0 Å². The lowest BCUT2D eigenvalue weighted by Crippen LogP contribution is -2.39. The molecule has 0 radical (unpaired) electrons. The van der Waals surface area contributed by atoms with Gasteiger partial charge in [-0.25, -0.2) is 0 Å². The van der Waals surface area contributed by atoms with Crippen LogP contribution in [-0.4, -0.2) is 12.1 Å². The number of nitrogens with one attached hydrogen (secondary N) is 1. The maximum Gasteiger partial charge on any atom is 0.00966 e. The smallest absolute Gasteiger partial charge is 0.00966 e. The molecule has 17 heavy (non-hydrogen) atoms. The minimum absolute atomic E-state index is 0.247. The molecular formula is C15H25NS. The van der Waals surface area contributed by atoms with Crippen molar-refractivity contribution in [2.45, 2.75) is 58.4 Å². The fourth-order valence-electron chi connectivity index (χ4n) is 2.91. The molecule has 0 spiro atoms. The molecule has 1 fully saturated rings. The Bertz CT molecular complexity index is 361. The Morgan fingerprint density at radius 2 is 2.12 bits per heavy atom. The van der Waals surface area contributed by atoms with Crippen molar-refractivity contribution in [2.24, 2.45) is 5.92 Å². The highest BCUT2D eigenvalue weighted by Gasteiger charge is 2.30. The lowest BCUT2D eigenvalue weighted by molar-refractivity contribution is 0.356. The molecule has 96 valence electrons. The largest absolute Gasteiger partial charge is 0.312 e. The Kier molecular flexibility index (Phi) is 3.94. The Morgan fingerprint density at radius 3 is 2.71 bits per heavy atom. The van der Waals surface area contributed by atoms with Crippen molar-refractivity contribution >= 4 is 11.3 Å². The zero-order chi connectivity index (χ0) is 12.5. The summed E-state index contributed by atoms with van der Waals surface area (Å²) < 4.78 is 0. The minimum Gasteiger partial charge on any atom is -0.312 e. The van der Waals surface area contributed by atoms with E-state index in [9.17, 15) is 0 Å². The van der Waals surface area contributed by atoms with Crippen molar-refractivity contribution in [1.29, 1.82) is 0 Å². The standard InChI is InChI=1S/C15H25NS/c1-11-13(8-9-17-11)14-7-5-6-12(14)10-16-15(2,3)4/h8-9,12,14,16H,5-7,10H2,1-4H3. The lowest BCUT2D eigenvalue weighted by atomic mass is 9.88. The van der Waals surface area contributed by atoms with Gasteiger partial charge in [-0.1, -0.05) is 6.42 Å². The van der Waals surface area contributed by atoms with Gasteiger partial charge < -0.3 is 5.32 Å². The molecule has 1 aromatic heterocycles. The van der Waals surface area contributed by atoms with Crippen LogP contribution in [-0.2, 0) is 0 Å². The summed E-state index contributed by atoms with van der Waals surface area (Å²) in [6.07, 6.45) is 4.17. The van der Waals surface area contributed by atoms with E-state index in [1.807, 2.05) is 11.3 Å². The molecule has 1 saturated carbocycles. The first-order valence-corrected chi connectivity index (χ1v) is 7.64. The van der Waals surface area contributed by atoms with Crippen molar-refractivity contribution < 1.29 is 0 Å². The van der Waals surface area contributed by atoms with Gasteiger partial charge in [0.25, 0.3) is 0 Å². The predicted molar refractivity (Wildman–Crippen MR) is 76.9 cm³/mol. The van der Waals surface area contributed by atoms with E-state index in [1.165, 1.54) is 30.7 Å². The second kappa shape index (κ2) is 5.11. The predicted octanol–water partition coefficient (Wildman–Crippen LogP) is 4.33. The third kappa shape index (κ3) is 3.32. The van der Waals surface area contributed by atoms with Crippen LogP contribution in [0.1, 0.15) is 56.4 Å². The zero-order valence-electron chi connectivity index (χ0n) is 11.5.